The molecule has 33 heavy (non-hydrogen) atoms. The van der Waals surface area contributed by atoms with Crippen LogP contribution in [0.4, 0.5) is 5.69 Å². The molecule has 6 atom stereocenters. The van der Waals surface area contributed by atoms with E-state index in [0.717, 1.165) is 17.0 Å². The van der Waals surface area contributed by atoms with Crippen LogP contribution in [-0.4, -0.2) is 28.0 Å². The molecule has 2 amide bonds. The van der Waals surface area contributed by atoms with Crippen LogP contribution in [0.2, 0.25) is 0 Å². The van der Waals surface area contributed by atoms with Gasteiger partial charge in [-0.3, -0.25) is 19.7 Å². The summed E-state index contributed by atoms with van der Waals surface area (Å²) < 4.78 is 5.79. The lowest BCUT2D eigenvalue weighted by Crippen LogP contribution is -2.40. The fourth-order valence-corrected chi connectivity index (χ4v) is 5.74. The monoisotopic (exact) mass is 443 g/mol. The van der Waals surface area contributed by atoms with Crippen LogP contribution in [0.25, 0.3) is 0 Å². The highest BCUT2D eigenvalue weighted by molar-refractivity contribution is 6.06. The predicted octanol–water partition coefficient (Wildman–Crippen LogP) is 3.56. The highest BCUT2D eigenvalue weighted by atomic mass is 16.6. The van der Waals surface area contributed by atoms with Crippen LogP contribution in [0.1, 0.15) is 17.5 Å². The smallest absolute Gasteiger partial charge is 0.269 e. The molecule has 1 saturated heterocycles. The van der Waals surface area contributed by atoms with Crippen molar-refractivity contribution in [3.05, 3.63) is 81.9 Å². The quantitative estimate of drug-likeness (QED) is 0.223. The minimum Gasteiger partial charge on any atom is -0.489 e. The topological polar surface area (TPSA) is 102 Å². The third-order valence-corrected chi connectivity index (χ3v) is 7.37. The molecule has 2 saturated carbocycles. The number of carbonyl (C=O) groups is 2. The Balaban J connectivity index is 1.13. The first-order chi connectivity index (χ1) is 16.0. The average Bonchev–Trinajstić information content (AvgIpc) is 3.61. The van der Waals surface area contributed by atoms with Gasteiger partial charge in [-0.2, -0.15) is 10.1 Å². The number of allylic oxidation sites excluding steroid dienone is 2. The summed E-state index contributed by atoms with van der Waals surface area (Å²) in [6.45, 7) is 0.253. The molecule has 8 nitrogen and oxygen atoms in total. The van der Waals surface area contributed by atoms with Gasteiger partial charge in [0.25, 0.3) is 17.5 Å². The van der Waals surface area contributed by atoms with E-state index in [1.807, 2.05) is 6.07 Å². The second-order valence-electron chi connectivity index (χ2n) is 9.17. The highest BCUT2D eigenvalue weighted by Gasteiger charge is 2.67. The van der Waals surface area contributed by atoms with Gasteiger partial charge >= 0.3 is 0 Å². The third-order valence-electron chi connectivity index (χ3n) is 7.37. The van der Waals surface area contributed by atoms with Gasteiger partial charge in [-0.15, -0.1) is 0 Å². The highest BCUT2D eigenvalue weighted by Crippen LogP contribution is 2.65. The van der Waals surface area contributed by atoms with Crippen LogP contribution >= 0.6 is 0 Å². The Morgan fingerprint density at radius 1 is 1.03 bits per heavy atom. The Morgan fingerprint density at radius 2 is 1.70 bits per heavy atom. The van der Waals surface area contributed by atoms with E-state index in [-0.39, 0.29) is 47.8 Å². The molecule has 1 heterocycles. The summed E-state index contributed by atoms with van der Waals surface area (Å²) in [5.74, 6) is 1.18. The first-order valence-electron chi connectivity index (χ1n) is 11.1. The number of imide groups is 1. The van der Waals surface area contributed by atoms with Crippen molar-refractivity contribution < 1.29 is 19.2 Å². The van der Waals surface area contributed by atoms with Gasteiger partial charge in [-0.05, 0) is 65.5 Å². The fourth-order valence-electron chi connectivity index (χ4n) is 5.74. The van der Waals surface area contributed by atoms with Gasteiger partial charge in [0.05, 0.1) is 23.0 Å². The number of benzene rings is 2. The molecule has 3 fully saturated rings. The van der Waals surface area contributed by atoms with Crippen LogP contribution in [0.3, 0.4) is 0 Å². The molecule has 0 spiro atoms. The third kappa shape index (κ3) is 3.25. The second-order valence-corrected chi connectivity index (χ2v) is 9.17. The zero-order valence-electron chi connectivity index (χ0n) is 17.6. The maximum Gasteiger partial charge on any atom is 0.269 e. The summed E-state index contributed by atoms with van der Waals surface area (Å²) in [7, 11) is 0. The largest absolute Gasteiger partial charge is 0.489 e. The number of nitro benzene ring substituents is 1. The van der Waals surface area contributed by atoms with Gasteiger partial charge in [0, 0.05) is 12.1 Å². The van der Waals surface area contributed by atoms with Crippen molar-refractivity contribution in [3.63, 3.8) is 0 Å². The number of nitrogens with zero attached hydrogens (tertiary/aromatic N) is 3. The molecule has 7 rings (SSSR count). The van der Waals surface area contributed by atoms with Crippen molar-refractivity contribution in [2.24, 2.45) is 40.6 Å². The molecular weight excluding hydrogens is 422 g/mol. The lowest BCUT2D eigenvalue weighted by molar-refractivity contribution is -0.384. The zero-order chi connectivity index (χ0) is 22.7. The normalized spacial score (nSPS) is 31.1. The van der Waals surface area contributed by atoms with E-state index >= 15 is 0 Å². The van der Waals surface area contributed by atoms with Crippen molar-refractivity contribution in [2.75, 3.05) is 0 Å². The fraction of sp³-hybridized carbons (Fsp3) is 0.320. The van der Waals surface area contributed by atoms with Gasteiger partial charge in [0.15, 0.2) is 0 Å². The van der Waals surface area contributed by atoms with Crippen LogP contribution in [0.5, 0.6) is 5.75 Å². The number of amides is 2. The number of rotatable bonds is 6. The molecule has 5 aliphatic rings. The van der Waals surface area contributed by atoms with E-state index in [4.69, 9.17) is 4.74 Å². The lowest BCUT2D eigenvalue weighted by atomic mass is 9.63. The van der Waals surface area contributed by atoms with Crippen LogP contribution < -0.4 is 4.74 Å². The van der Waals surface area contributed by atoms with Crippen molar-refractivity contribution in [1.82, 2.24) is 5.01 Å². The Labute approximate surface area is 189 Å². The summed E-state index contributed by atoms with van der Waals surface area (Å²) in [6, 6.07) is 13.4. The molecule has 2 bridgehead atoms. The van der Waals surface area contributed by atoms with Crippen LogP contribution in [0.15, 0.2) is 65.8 Å². The minimum atomic E-state index is -0.442. The Bertz CT molecular complexity index is 1180. The van der Waals surface area contributed by atoms with E-state index in [2.05, 4.69) is 17.3 Å². The predicted molar refractivity (Wildman–Crippen MR) is 118 cm³/mol. The van der Waals surface area contributed by atoms with Crippen molar-refractivity contribution in [1.29, 1.82) is 0 Å². The Kier molecular flexibility index (Phi) is 4.43. The summed E-state index contributed by atoms with van der Waals surface area (Å²) in [5.41, 5.74) is 1.54. The number of nitro groups is 1. The second kappa shape index (κ2) is 7.37. The molecule has 0 radical (unpaired) electrons. The van der Waals surface area contributed by atoms with E-state index in [9.17, 15) is 19.7 Å². The number of carbonyl (C=O) groups excluding carboxylic acids is 2. The van der Waals surface area contributed by atoms with Gasteiger partial charge in [0.2, 0.25) is 0 Å². The maximum absolute atomic E-state index is 13.0. The van der Waals surface area contributed by atoms with Crippen molar-refractivity contribution >= 4 is 23.7 Å². The minimum absolute atomic E-state index is 0.0311. The Morgan fingerprint density at radius 3 is 2.33 bits per heavy atom. The maximum atomic E-state index is 13.0. The molecule has 4 aliphatic carbocycles. The molecule has 0 unspecified atom stereocenters. The van der Waals surface area contributed by atoms with E-state index in [1.165, 1.54) is 18.3 Å². The lowest BCUT2D eigenvalue weighted by Gasteiger charge is -2.37. The molecule has 2 aromatic carbocycles. The van der Waals surface area contributed by atoms with Gasteiger partial charge in [-0.1, -0.05) is 24.3 Å². The van der Waals surface area contributed by atoms with E-state index < -0.39 is 4.92 Å². The van der Waals surface area contributed by atoms with Crippen LogP contribution in [-0.2, 0) is 16.2 Å². The van der Waals surface area contributed by atoms with Gasteiger partial charge in [0.1, 0.15) is 12.4 Å². The summed E-state index contributed by atoms with van der Waals surface area (Å²) in [4.78, 5) is 36.3. The summed E-state index contributed by atoms with van der Waals surface area (Å²) in [5, 5.41) is 16.1. The standard InChI is InChI=1S/C25H21N3O5/c29-24-22-18-8-9-19(21-11-20(18)21)23(22)25(30)27(24)26-12-15-2-1-3-17(10-15)33-13-14-4-6-16(7-5-14)28(31)32/h1-10,12,18-23H,11,13H2/b26-12-/t18-,19-,20-,21-,22-,23+/m0/s1. The number of non-ortho nitro benzene ring substituents is 1. The average molecular weight is 443 g/mol. The SMILES string of the molecule is O=C1[C@@H]2[C@H]3C=C[C@@H]([C@@H]4C[C@@H]34)[C@@H]2C(=O)N1/N=C\c1cccc(OCc2ccc([N+](=O)[O-])cc2)c1. The zero-order valence-corrected chi connectivity index (χ0v) is 17.6. The molecule has 0 N–H and O–H groups in total. The number of hydrogen-bond donors (Lipinski definition) is 0. The first-order valence-corrected chi connectivity index (χ1v) is 11.1. The molecule has 0 aromatic heterocycles. The molecule has 8 heteroatoms. The van der Waals surface area contributed by atoms with Gasteiger partial charge < -0.3 is 4.74 Å². The number of hydrazone groups is 1. The van der Waals surface area contributed by atoms with Crippen molar-refractivity contribution in [2.45, 2.75) is 13.0 Å². The van der Waals surface area contributed by atoms with E-state index in [0.29, 0.717) is 23.1 Å². The molecule has 1 aliphatic heterocycles. The van der Waals surface area contributed by atoms with Crippen molar-refractivity contribution in [3.8, 4) is 5.75 Å². The molecule has 2 aromatic rings. The Hall–Kier alpha value is -3.81. The first kappa shape index (κ1) is 19.8. The number of hydrogen-bond acceptors (Lipinski definition) is 6. The van der Waals surface area contributed by atoms with E-state index in [1.54, 1.807) is 30.3 Å². The summed E-state index contributed by atoms with van der Waals surface area (Å²) >= 11 is 0. The summed E-state index contributed by atoms with van der Waals surface area (Å²) in [6.07, 6.45) is 6.93. The molecular formula is C25H21N3O5. The van der Waals surface area contributed by atoms with Gasteiger partial charge in [-0.25, -0.2) is 0 Å². The van der Waals surface area contributed by atoms with Crippen LogP contribution in [0, 0.1) is 45.6 Å². The molecule has 166 valence electrons. The number of ether oxygens (including phenoxy) is 1.